The third kappa shape index (κ3) is 3.35. The van der Waals surface area contributed by atoms with Crippen LogP contribution in [0.2, 0.25) is 0 Å². The number of nitrogens with one attached hydrogen (secondary N) is 3. The van der Waals surface area contributed by atoms with E-state index in [1.165, 1.54) is 13.3 Å². The maximum absolute atomic E-state index is 12.5. The van der Waals surface area contributed by atoms with Crippen molar-refractivity contribution in [3.63, 3.8) is 0 Å². The number of nitrogens with zero attached hydrogens (tertiary/aromatic N) is 1. The van der Waals surface area contributed by atoms with E-state index in [9.17, 15) is 9.59 Å². The fourth-order valence-corrected chi connectivity index (χ4v) is 2.33. The Morgan fingerprint density at radius 1 is 1.25 bits per heavy atom. The molecule has 0 radical (unpaired) electrons. The molecule has 24 heavy (non-hydrogen) atoms. The monoisotopic (exact) mass is 324 g/mol. The van der Waals surface area contributed by atoms with Crippen LogP contribution in [0.5, 0.6) is 0 Å². The van der Waals surface area contributed by atoms with Crippen LogP contribution >= 0.6 is 0 Å². The quantitative estimate of drug-likeness (QED) is 0.687. The third-order valence-corrected chi connectivity index (χ3v) is 3.51. The lowest BCUT2D eigenvalue weighted by molar-refractivity contribution is 0.102. The first-order valence-electron chi connectivity index (χ1n) is 7.31. The van der Waals surface area contributed by atoms with Gasteiger partial charge in [0.1, 0.15) is 0 Å². The number of carbonyl (C=O) groups is 2. The number of aromatic amines is 1. The molecule has 0 aliphatic heterocycles. The molecular formula is C17H16N4O3. The number of ether oxygens (including phenoxy) is 1. The number of alkyl carbamates (subject to hydrolysis) is 1. The molecule has 0 aliphatic carbocycles. The summed E-state index contributed by atoms with van der Waals surface area (Å²) >= 11 is 0. The highest BCUT2D eigenvalue weighted by atomic mass is 16.5. The number of hydrogen-bond donors (Lipinski definition) is 3. The summed E-state index contributed by atoms with van der Waals surface area (Å²) in [6, 6.07) is 10.9. The number of rotatable bonds is 4. The molecule has 122 valence electrons. The van der Waals surface area contributed by atoms with Crippen LogP contribution in [-0.4, -0.2) is 29.1 Å². The van der Waals surface area contributed by atoms with Crippen LogP contribution in [-0.2, 0) is 11.3 Å². The van der Waals surface area contributed by atoms with Crippen LogP contribution in [0.3, 0.4) is 0 Å². The number of methoxy groups -OCH3 is 1. The Balaban J connectivity index is 1.75. The summed E-state index contributed by atoms with van der Waals surface area (Å²) in [6.07, 6.45) is 2.80. The SMILES string of the molecule is COC(=O)NCc1cc(C(=O)Nc2cccc3cc[nH]c23)ccn1. The first-order valence-corrected chi connectivity index (χ1v) is 7.31. The molecule has 0 saturated carbocycles. The third-order valence-electron chi connectivity index (χ3n) is 3.51. The summed E-state index contributed by atoms with van der Waals surface area (Å²) in [5.41, 5.74) is 2.59. The number of amides is 2. The van der Waals surface area contributed by atoms with E-state index in [4.69, 9.17) is 0 Å². The molecule has 2 amide bonds. The summed E-state index contributed by atoms with van der Waals surface area (Å²) in [5, 5.41) is 6.42. The lowest BCUT2D eigenvalue weighted by Gasteiger charge is -2.08. The van der Waals surface area contributed by atoms with Crippen LogP contribution in [0.1, 0.15) is 16.1 Å². The predicted octanol–water partition coefficient (Wildman–Crippen LogP) is 2.67. The summed E-state index contributed by atoms with van der Waals surface area (Å²) in [5.74, 6) is -0.251. The van der Waals surface area contributed by atoms with Gasteiger partial charge in [-0.15, -0.1) is 0 Å². The molecule has 7 heteroatoms. The minimum absolute atomic E-state index is 0.181. The largest absolute Gasteiger partial charge is 0.453 e. The minimum Gasteiger partial charge on any atom is -0.453 e. The van der Waals surface area contributed by atoms with Crippen molar-refractivity contribution in [2.24, 2.45) is 0 Å². The van der Waals surface area contributed by atoms with Gasteiger partial charge in [0.15, 0.2) is 0 Å². The van der Waals surface area contributed by atoms with Crippen molar-refractivity contribution in [1.29, 1.82) is 0 Å². The van der Waals surface area contributed by atoms with Crippen LogP contribution in [0.25, 0.3) is 10.9 Å². The molecule has 2 aromatic heterocycles. The van der Waals surface area contributed by atoms with E-state index in [0.717, 1.165) is 10.9 Å². The first-order chi connectivity index (χ1) is 11.7. The number of aromatic nitrogens is 2. The number of fused-ring (bicyclic) bond motifs is 1. The molecule has 0 saturated heterocycles. The lowest BCUT2D eigenvalue weighted by atomic mass is 10.2. The van der Waals surface area contributed by atoms with Gasteiger partial charge in [-0.2, -0.15) is 0 Å². The predicted molar refractivity (Wildman–Crippen MR) is 89.7 cm³/mol. The van der Waals surface area contributed by atoms with Crippen LogP contribution in [0.15, 0.2) is 48.8 Å². The summed E-state index contributed by atoms with van der Waals surface area (Å²) in [4.78, 5) is 30.8. The normalized spacial score (nSPS) is 10.4. The minimum atomic E-state index is -0.551. The molecule has 1 aromatic carbocycles. The molecule has 0 aliphatic rings. The average molecular weight is 324 g/mol. The topological polar surface area (TPSA) is 96.1 Å². The van der Waals surface area contributed by atoms with E-state index in [2.05, 4.69) is 25.3 Å². The van der Waals surface area contributed by atoms with Crippen molar-refractivity contribution >= 4 is 28.6 Å². The molecular weight excluding hydrogens is 308 g/mol. The molecule has 0 bridgehead atoms. The molecule has 0 spiro atoms. The molecule has 0 fully saturated rings. The maximum Gasteiger partial charge on any atom is 0.407 e. The van der Waals surface area contributed by atoms with Crippen LogP contribution in [0, 0.1) is 0 Å². The zero-order valence-corrected chi connectivity index (χ0v) is 13.0. The second-order valence-corrected chi connectivity index (χ2v) is 5.08. The molecule has 0 unspecified atom stereocenters. The van der Waals surface area contributed by atoms with Crippen molar-refractivity contribution in [1.82, 2.24) is 15.3 Å². The molecule has 2 heterocycles. The van der Waals surface area contributed by atoms with Crippen molar-refractivity contribution in [2.45, 2.75) is 6.54 Å². The Bertz CT molecular complexity index is 888. The number of H-pyrrole nitrogens is 1. The lowest BCUT2D eigenvalue weighted by Crippen LogP contribution is -2.23. The fourth-order valence-electron chi connectivity index (χ4n) is 2.33. The van der Waals surface area contributed by atoms with Crippen molar-refractivity contribution < 1.29 is 14.3 Å². The van der Waals surface area contributed by atoms with Crippen molar-refractivity contribution in [2.75, 3.05) is 12.4 Å². The van der Waals surface area contributed by atoms with E-state index in [-0.39, 0.29) is 12.5 Å². The van der Waals surface area contributed by atoms with E-state index in [1.807, 2.05) is 30.5 Å². The Hall–Kier alpha value is -3.35. The zero-order valence-electron chi connectivity index (χ0n) is 13.0. The zero-order chi connectivity index (χ0) is 16.9. The molecule has 0 atom stereocenters. The van der Waals surface area contributed by atoms with Gasteiger partial charge in [0.25, 0.3) is 5.91 Å². The fraction of sp³-hybridized carbons (Fsp3) is 0.118. The number of pyridine rings is 1. The van der Waals surface area contributed by atoms with Gasteiger partial charge < -0.3 is 20.4 Å². The Kier molecular flexibility index (Phi) is 4.42. The average Bonchev–Trinajstić information content (AvgIpc) is 3.09. The van der Waals surface area contributed by atoms with Gasteiger partial charge in [0.05, 0.1) is 30.6 Å². The van der Waals surface area contributed by atoms with Gasteiger partial charge in [0, 0.05) is 23.3 Å². The van der Waals surface area contributed by atoms with Crippen LogP contribution < -0.4 is 10.6 Å². The van der Waals surface area contributed by atoms with Gasteiger partial charge in [-0.25, -0.2) is 4.79 Å². The van der Waals surface area contributed by atoms with E-state index in [0.29, 0.717) is 16.9 Å². The summed E-state index contributed by atoms with van der Waals surface area (Å²) < 4.78 is 4.50. The second kappa shape index (κ2) is 6.82. The van der Waals surface area contributed by atoms with E-state index < -0.39 is 6.09 Å². The smallest absolute Gasteiger partial charge is 0.407 e. The summed E-state index contributed by atoms with van der Waals surface area (Å²) in [7, 11) is 1.29. The second-order valence-electron chi connectivity index (χ2n) is 5.08. The van der Waals surface area contributed by atoms with Crippen LogP contribution in [0.4, 0.5) is 10.5 Å². The molecule has 3 aromatic rings. The Morgan fingerprint density at radius 2 is 2.12 bits per heavy atom. The number of benzene rings is 1. The molecule has 7 nitrogen and oxygen atoms in total. The van der Waals surface area contributed by atoms with Gasteiger partial charge in [-0.05, 0) is 24.3 Å². The molecule has 3 N–H and O–H groups in total. The number of para-hydroxylation sites is 1. The summed E-state index contributed by atoms with van der Waals surface area (Å²) in [6.45, 7) is 0.181. The van der Waals surface area contributed by atoms with Gasteiger partial charge in [-0.1, -0.05) is 12.1 Å². The maximum atomic E-state index is 12.5. The van der Waals surface area contributed by atoms with Gasteiger partial charge >= 0.3 is 6.09 Å². The number of carbonyl (C=O) groups excluding carboxylic acids is 2. The van der Waals surface area contributed by atoms with Crippen molar-refractivity contribution in [3.8, 4) is 0 Å². The number of hydrogen-bond acceptors (Lipinski definition) is 4. The molecule has 3 rings (SSSR count). The highest BCUT2D eigenvalue weighted by Crippen LogP contribution is 2.22. The standard InChI is InChI=1S/C17H16N4O3/c1-24-17(23)20-10-13-9-12(6-7-18-13)16(22)21-14-4-2-3-11-5-8-19-15(11)14/h2-9,19H,10H2,1H3,(H,20,23)(H,21,22). The Labute approximate surface area is 138 Å². The van der Waals surface area contributed by atoms with Gasteiger partial charge in [-0.3, -0.25) is 9.78 Å². The highest BCUT2D eigenvalue weighted by Gasteiger charge is 2.10. The first kappa shape index (κ1) is 15.5. The van der Waals surface area contributed by atoms with Crippen molar-refractivity contribution in [3.05, 3.63) is 60.0 Å². The Morgan fingerprint density at radius 3 is 2.96 bits per heavy atom. The van der Waals surface area contributed by atoms with Gasteiger partial charge in [0.2, 0.25) is 0 Å². The van der Waals surface area contributed by atoms with E-state index in [1.54, 1.807) is 12.1 Å². The number of anilines is 1. The highest BCUT2D eigenvalue weighted by molar-refractivity contribution is 6.08. The van der Waals surface area contributed by atoms with E-state index >= 15 is 0 Å².